The van der Waals surface area contributed by atoms with Crippen LogP contribution in [0, 0.1) is 6.92 Å². The van der Waals surface area contributed by atoms with E-state index < -0.39 is 0 Å². The van der Waals surface area contributed by atoms with Crippen LogP contribution in [0.2, 0.25) is 0 Å². The summed E-state index contributed by atoms with van der Waals surface area (Å²) in [5.41, 5.74) is 3.24. The Bertz CT molecular complexity index is 797. The molecule has 0 spiro atoms. The molecule has 1 N–H and O–H groups in total. The highest BCUT2D eigenvalue weighted by Gasteiger charge is 2.38. The first kappa shape index (κ1) is 15.4. The molecule has 2 bridgehead atoms. The number of fused-ring (bicyclic) bond motifs is 3. The Kier molecular flexibility index (Phi) is 3.88. The van der Waals surface area contributed by atoms with Crippen molar-refractivity contribution in [2.24, 2.45) is 0 Å². The van der Waals surface area contributed by atoms with E-state index in [1.807, 2.05) is 19.1 Å². The van der Waals surface area contributed by atoms with Crippen LogP contribution in [0.15, 0.2) is 29.1 Å². The Hall–Kier alpha value is -2.14. The molecule has 1 aromatic carbocycles. The zero-order valence-electron chi connectivity index (χ0n) is 14.2. The number of rotatable bonds is 3. The lowest BCUT2D eigenvalue weighted by molar-refractivity contribution is 0.187. The van der Waals surface area contributed by atoms with E-state index in [1.165, 1.54) is 12.0 Å². The molecule has 0 unspecified atom stereocenters. The third kappa shape index (κ3) is 2.73. The maximum absolute atomic E-state index is 12.3. The van der Waals surface area contributed by atoms with Crippen molar-refractivity contribution in [1.29, 1.82) is 0 Å². The Morgan fingerprint density at radius 3 is 2.62 bits per heavy atom. The van der Waals surface area contributed by atoms with Crippen LogP contribution in [0.4, 0.5) is 0 Å². The van der Waals surface area contributed by atoms with E-state index in [1.54, 1.807) is 7.11 Å². The van der Waals surface area contributed by atoms with Crippen molar-refractivity contribution in [3.63, 3.8) is 0 Å². The summed E-state index contributed by atoms with van der Waals surface area (Å²) < 4.78 is 5.24. The number of aromatic nitrogens is 2. The number of benzene rings is 1. The van der Waals surface area contributed by atoms with Crippen LogP contribution < -0.4 is 10.3 Å². The van der Waals surface area contributed by atoms with Gasteiger partial charge in [-0.2, -0.15) is 0 Å². The number of nitrogens with zero attached hydrogens (tertiary/aromatic N) is 2. The molecule has 1 fully saturated rings. The van der Waals surface area contributed by atoms with Crippen molar-refractivity contribution in [2.75, 3.05) is 7.11 Å². The SMILES string of the molecule is COc1ccc(CN2[C@@H]3CC[C@H]2Cc2c(nc(C)[nH]c2=O)C3)cc1. The van der Waals surface area contributed by atoms with Gasteiger partial charge in [0.05, 0.1) is 12.8 Å². The topological polar surface area (TPSA) is 58.2 Å². The fourth-order valence-corrected chi connectivity index (χ4v) is 4.16. The van der Waals surface area contributed by atoms with Gasteiger partial charge in [-0.05, 0) is 43.9 Å². The zero-order chi connectivity index (χ0) is 16.7. The van der Waals surface area contributed by atoms with E-state index >= 15 is 0 Å². The molecule has 24 heavy (non-hydrogen) atoms. The smallest absolute Gasteiger partial charge is 0.254 e. The van der Waals surface area contributed by atoms with Gasteiger partial charge in [-0.15, -0.1) is 0 Å². The van der Waals surface area contributed by atoms with Crippen LogP contribution >= 0.6 is 0 Å². The van der Waals surface area contributed by atoms with Gasteiger partial charge in [-0.3, -0.25) is 9.69 Å². The standard InChI is InChI=1S/C19H23N3O2/c1-12-20-18-10-15-6-5-14(9-17(18)19(23)21-12)22(15)11-13-3-7-16(24-2)8-4-13/h3-4,7-8,14-15H,5-6,9-11H2,1-2H3,(H,20,21,23)/t14-,15+/m0/s1. The van der Waals surface area contributed by atoms with Gasteiger partial charge in [-0.25, -0.2) is 4.98 Å². The molecule has 5 heteroatoms. The second-order valence-electron chi connectivity index (χ2n) is 6.89. The first-order valence-corrected chi connectivity index (χ1v) is 8.61. The lowest BCUT2D eigenvalue weighted by Gasteiger charge is -2.27. The number of nitrogens with one attached hydrogen (secondary N) is 1. The van der Waals surface area contributed by atoms with Crippen LogP contribution in [-0.2, 0) is 19.4 Å². The summed E-state index contributed by atoms with van der Waals surface area (Å²) in [5, 5.41) is 0. The lowest BCUT2D eigenvalue weighted by atomic mass is 9.98. The van der Waals surface area contributed by atoms with Gasteiger partial charge in [0.2, 0.25) is 0 Å². The molecular formula is C19H23N3O2. The highest BCUT2D eigenvalue weighted by molar-refractivity contribution is 5.28. The predicted molar refractivity (Wildman–Crippen MR) is 92.3 cm³/mol. The summed E-state index contributed by atoms with van der Waals surface area (Å²) in [6.45, 7) is 2.78. The summed E-state index contributed by atoms with van der Waals surface area (Å²) in [6.07, 6.45) is 4.04. The second-order valence-corrected chi connectivity index (χ2v) is 6.89. The van der Waals surface area contributed by atoms with Gasteiger partial charge in [0, 0.05) is 30.6 Å². The van der Waals surface area contributed by atoms with Crippen molar-refractivity contribution >= 4 is 0 Å². The summed E-state index contributed by atoms with van der Waals surface area (Å²) in [6, 6.07) is 9.20. The zero-order valence-corrected chi connectivity index (χ0v) is 14.2. The van der Waals surface area contributed by atoms with Crippen molar-refractivity contribution < 1.29 is 4.74 Å². The number of ether oxygens (including phenoxy) is 1. The van der Waals surface area contributed by atoms with Gasteiger partial charge in [0.1, 0.15) is 11.6 Å². The van der Waals surface area contributed by atoms with Crippen molar-refractivity contribution in [2.45, 2.75) is 51.2 Å². The fraction of sp³-hybridized carbons (Fsp3) is 0.474. The molecule has 0 aliphatic carbocycles. The number of methoxy groups -OCH3 is 1. The lowest BCUT2D eigenvalue weighted by Crippen LogP contribution is -2.36. The van der Waals surface area contributed by atoms with E-state index in [2.05, 4.69) is 27.0 Å². The molecule has 4 rings (SSSR count). The Morgan fingerprint density at radius 2 is 1.92 bits per heavy atom. The van der Waals surface area contributed by atoms with Crippen molar-refractivity contribution in [3.05, 3.63) is 57.3 Å². The highest BCUT2D eigenvalue weighted by Crippen LogP contribution is 2.33. The van der Waals surface area contributed by atoms with E-state index in [0.717, 1.165) is 48.6 Å². The molecule has 2 aliphatic rings. The molecule has 3 heterocycles. The fourth-order valence-electron chi connectivity index (χ4n) is 4.16. The monoisotopic (exact) mass is 325 g/mol. The third-order valence-electron chi connectivity index (χ3n) is 5.38. The second kappa shape index (κ2) is 6.06. The molecule has 0 amide bonds. The molecule has 2 atom stereocenters. The van der Waals surface area contributed by atoms with E-state index in [9.17, 15) is 4.79 Å². The maximum atomic E-state index is 12.3. The van der Waals surface area contributed by atoms with Gasteiger partial charge < -0.3 is 9.72 Å². The Balaban J connectivity index is 1.60. The number of H-pyrrole nitrogens is 1. The summed E-state index contributed by atoms with van der Waals surface area (Å²) in [5.74, 6) is 1.61. The minimum Gasteiger partial charge on any atom is -0.497 e. The van der Waals surface area contributed by atoms with Gasteiger partial charge in [-0.1, -0.05) is 12.1 Å². The van der Waals surface area contributed by atoms with E-state index in [-0.39, 0.29) is 5.56 Å². The molecule has 2 aromatic rings. The van der Waals surface area contributed by atoms with Crippen LogP contribution in [0.1, 0.15) is 35.5 Å². The maximum Gasteiger partial charge on any atom is 0.254 e. The summed E-state index contributed by atoms with van der Waals surface area (Å²) in [7, 11) is 1.69. The minimum absolute atomic E-state index is 0.0504. The van der Waals surface area contributed by atoms with E-state index in [0.29, 0.717) is 12.1 Å². The molecular weight excluding hydrogens is 302 g/mol. The molecule has 5 nitrogen and oxygen atoms in total. The van der Waals surface area contributed by atoms with Crippen LogP contribution in [0.5, 0.6) is 5.75 Å². The largest absolute Gasteiger partial charge is 0.497 e. The molecule has 0 radical (unpaired) electrons. The van der Waals surface area contributed by atoms with Crippen LogP contribution in [-0.4, -0.2) is 34.1 Å². The average Bonchev–Trinajstić information content (AvgIpc) is 2.84. The first-order chi connectivity index (χ1) is 11.6. The third-order valence-corrected chi connectivity index (χ3v) is 5.38. The van der Waals surface area contributed by atoms with Crippen molar-refractivity contribution in [3.8, 4) is 5.75 Å². The minimum atomic E-state index is 0.0504. The number of aryl methyl sites for hydroxylation is 1. The molecule has 126 valence electrons. The normalized spacial score (nSPS) is 22.9. The van der Waals surface area contributed by atoms with Gasteiger partial charge in [0.25, 0.3) is 5.56 Å². The number of aromatic amines is 1. The number of hydrogen-bond donors (Lipinski definition) is 1. The molecule has 1 saturated heterocycles. The Morgan fingerprint density at radius 1 is 1.21 bits per heavy atom. The predicted octanol–water partition coefficient (Wildman–Crippen LogP) is 2.22. The highest BCUT2D eigenvalue weighted by atomic mass is 16.5. The summed E-state index contributed by atoms with van der Waals surface area (Å²) in [4.78, 5) is 22.4. The van der Waals surface area contributed by atoms with Crippen molar-refractivity contribution in [1.82, 2.24) is 14.9 Å². The van der Waals surface area contributed by atoms with Gasteiger partial charge >= 0.3 is 0 Å². The van der Waals surface area contributed by atoms with Crippen LogP contribution in [0.25, 0.3) is 0 Å². The van der Waals surface area contributed by atoms with E-state index in [4.69, 9.17) is 4.74 Å². The Labute approximate surface area is 141 Å². The summed E-state index contributed by atoms with van der Waals surface area (Å²) >= 11 is 0. The average molecular weight is 325 g/mol. The molecule has 2 aliphatic heterocycles. The van der Waals surface area contributed by atoms with Gasteiger partial charge in [0.15, 0.2) is 0 Å². The number of hydrogen-bond acceptors (Lipinski definition) is 4. The van der Waals surface area contributed by atoms with Crippen LogP contribution in [0.3, 0.4) is 0 Å². The first-order valence-electron chi connectivity index (χ1n) is 8.61. The molecule has 0 saturated carbocycles. The quantitative estimate of drug-likeness (QED) is 0.940. The molecule has 1 aromatic heterocycles.